The van der Waals surface area contributed by atoms with Crippen LogP contribution in [-0.2, 0) is 9.47 Å². The van der Waals surface area contributed by atoms with Crippen molar-refractivity contribution in [1.82, 2.24) is 0 Å². The summed E-state index contributed by atoms with van der Waals surface area (Å²) >= 11 is 0. The highest BCUT2D eigenvalue weighted by Gasteiger charge is 2.25. The van der Waals surface area contributed by atoms with Gasteiger partial charge in [-0.05, 0) is 24.7 Å². The van der Waals surface area contributed by atoms with Crippen molar-refractivity contribution in [1.29, 1.82) is 0 Å². The van der Waals surface area contributed by atoms with E-state index in [-0.39, 0.29) is 0 Å². The highest BCUT2D eigenvalue weighted by molar-refractivity contribution is 5.60. The predicted molar refractivity (Wildman–Crippen MR) is 44.9 cm³/mol. The molecule has 2 atom stereocenters. The smallest absolute Gasteiger partial charge is 0.434 e. The maximum absolute atomic E-state index is 10.8. The fourth-order valence-electron chi connectivity index (χ4n) is 1.57. The Balaban J connectivity index is 2.52. The van der Waals surface area contributed by atoms with Gasteiger partial charge in [-0.25, -0.2) is 4.79 Å². The molecule has 1 rings (SSSR count). The SMILES string of the molecule is CCC1COC(=O)OCC1CC. The summed E-state index contributed by atoms with van der Waals surface area (Å²) in [4.78, 5) is 10.8. The van der Waals surface area contributed by atoms with E-state index in [0.29, 0.717) is 25.0 Å². The molecule has 1 aliphatic rings. The van der Waals surface area contributed by atoms with Crippen LogP contribution in [-0.4, -0.2) is 19.4 Å². The second-order valence-corrected chi connectivity index (χ2v) is 3.21. The van der Waals surface area contributed by atoms with Crippen molar-refractivity contribution >= 4 is 6.16 Å². The number of hydrogen-bond donors (Lipinski definition) is 0. The third-order valence-electron chi connectivity index (χ3n) is 2.55. The Morgan fingerprint density at radius 3 is 1.92 bits per heavy atom. The molecular weight excluding hydrogens is 156 g/mol. The maximum Gasteiger partial charge on any atom is 0.508 e. The molecule has 2 unspecified atom stereocenters. The van der Waals surface area contributed by atoms with E-state index in [1.807, 2.05) is 0 Å². The third-order valence-corrected chi connectivity index (χ3v) is 2.55. The number of ether oxygens (including phenoxy) is 2. The van der Waals surface area contributed by atoms with Gasteiger partial charge in [0.1, 0.15) is 0 Å². The van der Waals surface area contributed by atoms with Crippen LogP contribution >= 0.6 is 0 Å². The van der Waals surface area contributed by atoms with Crippen LogP contribution in [0.25, 0.3) is 0 Å². The second-order valence-electron chi connectivity index (χ2n) is 3.21. The fourth-order valence-corrected chi connectivity index (χ4v) is 1.57. The van der Waals surface area contributed by atoms with Crippen LogP contribution < -0.4 is 0 Å². The summed E-state index contributed by atoms with van der Waals surface area (Å²) in [5.41, 5.74) is 0. The molecule has 1 saturated heterocycles. The van der Waals surface area contributed by atoms with Crippen molar-refractivity contribution in [3.8, 4) is 0 Å². The van der Waals surface area contributed by atoms with Gasteiger partial charge in [-0.2, -0.15) is 0 Å². The fraction of sp³-hybridized carbons (Fsp3) is 0.889. The van der Waals surface area contributed by atoms with Crippen molar-refractivity contribution in [3.63, 3.8) is 0 Å². The second kappa shape index (κ2) is 4.33. The quantitative estimate of drug-likeness (QED) is 0.599. The number of carbonyl (C=O) groups is 1. The van der Waals surface area contributed by atoms with E-state index in [4.69, 9.17) is 9.47 Å². The molecule has 3 heteroatoms. The topological polar surface area (TPSA) is 35.5 Å². The van der Waals surface area contributed by atoms with Gasteiger partial charge in [0.15, 0.2) is 0 Å². The standard InChI is InChI=1S/C9H16O3/c1-3-7-5-11-9(10)12-6-8(7)4-2/h7-8H,3-6H2,1-2H3. The minimum Gasteiger partial charge on any atom is -0.434 e. The molecule has 1 aliphatic heterocycles. The first kappa shape index (κ1) is 9.36. The van der Waals surface area contributed by atoms with Crippen LogP contribution in [0.5, 0.6) is 0 Å². The van der Waals surface area contributed by atoms with Crippen molar-refractivity contribution in [2.75, 3.05) is 13.2 Å². The summed E-state index contributed by atoms with van der Waals surface area (Å²) in [6.07, 6.45) is 1.59. The van der Waals surface area contributed by atoms with E-state index in [9.17, 15) is 4.79 Å². The van der Waals surface area contributed by atoms with E-state index in [1.54, 1.807) is 0 Å². The van der Waals surface area contributed by atoms with E-state index in [0.717, 1.165) is 12.8 Å². The summed E-state index contributed by atoms with van der Waals surface area (Å²) in [6, 6.07) is 0. The number of carbonyl (C=O) groups excluding carboxylic acids is 1. The van der Waals surface area contributed by atoms with E-state index < -0.39 is 6.16 Å². The zero-order chi connectivity index (χ0) is 8.97. The number of cyclic esters (lactones) is 2. The van der Waals surface area contributed by atoms with Gasteiger partial charge < -0.3 is 9.47 Å². The number of rotatable bonds is 2. The van der Waals surface area contributed by atoms with Gasteiger partial charge in [-0.3, -0.25) is 0 Å². The average Bonchev–Trinajstić information content (AvgIpc) is 2.27. The van der Waals surface area contributed by atoms with Gasteiger partial charge in [0, 0.05) is 0 Å². The Hall–Kier alpha value is -0.730. The van der Waals surface area contributed by atoms with Gasteiger partial charge >= 0.3 is 6.16 Å². The number of hydrogen-bond acceptors (Lipinski definition) is 3. The lowest BCUT2D eigenvalue weighted by Crippen LogP contribution is -2.19. The lowest BCUT2D eigenvalue weighted by Gasteiger charge is -2.18. The van der Waals surface area contributed by atoms with Crippen molar-refractivity contribution < 1.29 is 14.3 Å². The monoisotopic (exact) mass is 172 g/mol. The Kier molecular flexibility index (Phi) is 3.38. The van der Waals surface area contributed by atoms with Crippen LogP contribution in [0.3, 0.4) is 0 Å². The van der Waals surface area contributed by atoms with Gasteiger partial charge in [0.05, 0.1) is 13.2 Å². The molecule has 0 aliphatic carbocycles. The highest BCUT2D eigenvalue weighted by Crippen LogP contribution is 2.22. The van der Waals surface area contributed by atoms with Crippen LogP contribution in [0.15, 0.2) is 0 Å². The lowest BCUT2D eigenvalue weighted by molar-refractivity contribution is 0.0682. The first-order chi connectivity index (χ1) is 5.77. The Labute approximate surface area is 73.0 Å². The highest BCUT2D eigenvalue weighted by atomic mass is 16.7. The van der Waals surface area contributed by atoms with Crippen LogP contribution in [0, 0.1) is 11.8 Å². The van der Waals surface area contributed by atoms with Crippen LogP contribution in [0.4, 0.5) is 4.79 Å². The molecule has 0 amide bonds. The average molecular weight is 172 g/mol. The Morgan fingerprint density at radius 2 is 1.58 bits per heavy atom. The Morgan fingerprint density at radius 1 is 1.17 bits per heavy atom. The maximum atomic E-state index is 10.8. The lowest BCUT2D eigenvalue weighted by atomic mass is 9.89. The van der Waals surface area contributed by atoms with E-state index in [1.165, 1.54) is 0 Å². The molecular formula is C9H16O3. The summed E-state index contributed by atoms with van der Waals surface area (Å²) in [7, 11) is 0. The largest absolute Gasteiger partial charge is 0.508 e. The molecule has 3 nitrogen and oxygen atoms in total. The molecule has 0 aromatic carbocycles. The summed E-state index contributed by atoms with van der Waals surface area (Å²) in [5, 5.41) is 0. The predicted octanol–water partition coefficient (Wildman–Crippen LogP) is 2.21. The van der Waals surface area contributed by atoms with E-state index >= 15 is 0 Å². The normalized spacial score (nSPS) is 30.3. The van der Waals surface area contributed by atoms with Crippen molar-refractivity contribution in [2.24, 2.45) is 11.8 Å². The molecule has 1 heterocycles. The first-order valence-electron chi connectivity index (χ1n) is 4.57. The van der Waals surface area contributed by atoms with Gasteiger partial charge in [0.25, 0.3) is 0 Å². The molecule has 0 bridgehead atoms. The molecule has 0 aromatic heterocycles. The van der Waals surface area contributed by atoms with Gasteiger partial charge in [0.2, 0.25) is 0 Å². The molecule has 12 heavy (non-hydrogen) atoms. The van der Waals surface area contributed by atoms with Crippen molar-refractivity contribution in [3.05, 3.63) is 0 Å². The zero-order valence-electron chi connectivity index (χ0n) is 7.71. The molecule has 1 fully saturated rings. The molecule has 0 spiro atoms. The molecule has 0 saturated carbocycles. The molecule has 0 N–H and O–H groups in total. The minimum absolute atomic E-state index is 0.474. The van der Waals surface area contributed by atoms with Crippen molar-refractivity contribution in [2.45, 2.75) is 26.7 Å². The summed E-state index contributed by atoms with van der Waals surface area (Å²) in [5.74, 6) is 0.947. The van der Waals surface area contributed by atoms with Crippen LogP contribution in [0.2, 0.25) is 0 Å². The van der Waals surface area contributed by atoms with Crippen LogP contribution in [0.1, 0.15) is 26.7 Å². The van der Waals surface area contributed by atoms with Gasteiger partial charge in [-0.1, -0.05) is 13.8 Å². The third kappa shape index (κ3) is 2.13. The van der Waals surface area contributed by atoms with E-state index in [2.05, 4.69) is 13.8 Å². The Bertz CT molecular complexity index is 140. The zero-order valence-corrected chi connectivity index (χ0v) is 7.71. The molecule has 0 radical (unpaired) electrons. The minimum atomic E-state index is -0.510. The molecule has 70 valence electrons. The summed E-state index contributed by atoms with van der Waals surface area (Å²) in [6.45, 7) is 5.28. The van der Waals surface area contributed by atoms with Gasteiger partial charge in [-0.15, -0.1) is 0 Å². The first-order valence-corrected chi connectivity index (χ1v) is 4.57. The summed E-state index contributed by atoms with van der Waals surface area (Å²) < 4.78 is 9.75. The molecule has 0 aromatic rings.